The number of benzene rings is 1. The Bertz CT molecular complexity index is 572. The van der Waals surface area contributed by atoms with Crippen molar-refractivity contribution >= 4 is 46.0 Å². The van der Waals surface area contributed by atoms with Gasteiger partial charge in [0.15, 0.2) is 0 Å². The van der Waals surface area contributed by atoms with Gasteiger partial charge in [0.1, 0.15) is 17.1 Å². The summed E-state index contributed by atoms with van der Waals surface area (Å²) in [7, 11) is 0. The fourth-order valence-electron chi connectivity index (χ4n) is 1.68. The maximum absolute atomic E-state index is 11.1. The molecule has 0 saturated heterocycles. The molecule has 0 aliphatic heterocycles. The van der Waals surface area contributed by atoms with E-state index >= 15 is 0 Å². The highest BCUT2D eigenvalue weighted by Gasteiger charge is 2.19. The Hall–Kier alpha value is -1.40. The fourth-order valence-corrected chi connectivity index (χ4v) is 2.43. The van der Waals surface area contributed by atoms with E-state index in [-0.39, 0.29) is 0 Å². The summed E-state index contributed by atoms with van der Waals surface area (Å²) in [4.78, 5) is 11.1. The topological polar surface area (TPSA) is 75.1 Å². The summed E-state index contributed by atoms with van der Waals surface area (Å²) in [6.07, 6.45) is 1.30. The highest BCUT2D eigenvalue weighted by molar-refractivity contribution is 7.00. The van der Waals surface area contributed by atoms with E-state index in [2.05, 4.69) is 14.1 Å². The molecule has 2 N–H and O–H groups in total. The standard InChI is InChI=1S/C11H12ClN3O2S/c1-2-3-8(11(16)17)13-9-6(12)4-5-7-10(9)15-18-14-7/h4-5,8,13H,2-3H2,1H3,(H,16,17). The van der Waals surface area contributed by atoms with Gasteiger partial charge in [0.2, 0.25) is 0 Å². The molecule has 1 heterocycles. The second-order valence-electron chi connectivity index (χ2n) is 3.88. The second-order valence-corrected chi connectivity index (χ2v) is 4.81. The number of halogens is 1. The largest absolute Gasteiger partial charge is 0.480 e. The van der Waals surface area contributed by atoms with Crippen molar-refractivity contribution in [1.29, 1.82) is 0 Å². The number of nitrogens with one attached hydrogen (secondary N) is 1. The number of aromatic nitrogens is 2. The monoisotopic (exact) mass is 285 g/mol. The molecule has 0 amide bonds. The lowest BCUT2D eigenvalue weighted by Crippen LogP contribution is -2.29. The number of rotatable bonds is 5. The van der Waals surface area contributed by atoms with Crippen LogP contribution in [-0.2, 0) is 4.79 Å². The molecular formula is C11H12ClN3O2S. The van der Waals surface area contributed by atoms with Crippen LogP contribution in [-0.4, -0.2) is 25.9 Å². The second kappa shape index (κ2) is 5.49. The van der Waals surface area contributed by atoms with Crippen LogP contribution in [0.3, 0.4) is 0 Å². The lowest BCUT2D eigenvalue weighted by Gasteiger charge is -2.16. The Morgan fingerprint density at radius 3 is 3.00 bits per heavy atom. The van der Waals surface area contributed by atoms with Crippen LogP contribution in [0.15, 0.2) is 12.1 Å². The number of carboxylic acids is 1. The molecular weight excluding hydrogens is 274 g/mol. The molecule has 0 radical (unpaired) electrons. The average Bonchev–Trinajstić information content (AvgIpc) is 2.79. The summed E-state index contributed by atoms with van der Waals surface area (Å²) in [5.41, 5.74) is 1.88. The lowest BCUT2D eigenvalue weighted by molar-refractivity contribution is -0.138. The third-order valence-electron chi connectivity index (χ3n) is 2.57. The van der Waals surface area contributed by atoms with E-state index in [0.29, 0.717) is 28.2 Å². The van der Waals surface area contributed by atoms with Crippen molar-refractivity contribution in [2.24, 2.45) is 0 Å². The Morgan fingerprint density at radius 2 is 2.33 bits per heavy atom. The normalized spacial score (nSPS) is 12.6. The van der Waals surface area contributed by atoms with E-state index < -0.39 is 12.0 Å². The zero-order valence-corrected chi connectivity index (χ0v) is 11.3. The van der Waals surface area contributed by atoms with Crippen LogP contribution in [0, 0.1) is 0 Å². The van der Waals surface area contributed by atoms with Gasteiger partial charge in [-0.15, -0.1) is 0 Å². The third kappa shape index (κ3) is 2.54. The molecule has 0 saturated carbocycles. The molecule has 18 heavy (non-hydrogen) atoms. The number of carbonyl (C=O) groups is 1. The van der Waals surface area contributed by atoms with Gasteiger partial charge in [-0.05, 0) is 18.6 Å². The van der Waals surface area contributed by atoms with Crippen molar-refractivity contribution in [2.75, 3.05) is 5.32 Å². The average molecular weight is 286 g/mol. The zero-order valence-electron chi connectivity index (χ0n) is 9.68. The van der Waals surface area contributed by atoms with Crippen molar-refractivity contribution < 1.29 is 9.90 Å². The molecule has 0 aliphatic rings. The molecule has 5 nitrogen and oxygen atoms in total. The summed E-state index contributed by atoms with van der Waals surface area (Å²) in [5, 5.41) is 12.5. The van der Waals surface area contributed by atoms with Gasteiger partial charge >= 0.3 is 5.97 Å². The summed E-state index contributed by atoms with van der Waals surface area (Å²) in [5.74, 6) is -0.895. The van der Waals surface area contributed by atoms with E-state index in [9.17, 15) is 4.79 Å². The fraction of sp³-hybridized carbons (Fsp3) is 0.364. The predicted molar refractivity (Wildman–Crippen MR) is 72.4 cm³/mol. The molecule has 0 fully saturated rings. The molecule has 7 heteroatoms. The number of aliphatic carboxylic acids is 1. The van der Waals surface area contributed by atoms with Gasteiger partial charge in [0, 0.05) is 0 Å². The lowest BCUT2D eigenvalue weighted by atomic mass is 10.1. The number of hydrogen-bond acceptors (Lipinski definition) is 5. The highest BCUT2D eigenvalue weighted by Crippen LogP contribution is 2.30. The van der Waals surface area contributed by atoms with Gasteiger partial charge < -0.3 is 10.4 Å². The summed E-state index contributed by atoms with van der Waals surface area (Å²) in [6, 6.07) is 2.79. The molecule has 2 aromatic rings. The molecule has 1 unspecified atom stereocenters. The van der Waals surface area contributed by atoms with Gasteiger partial charge in [-0.2, -0.15) is 8.75 Å². The van der Waals surface area contributed by atoms with Crippen molar-refractivity contribution in [3.63, 3.8) is 0 Å². The first-order chi connectivity index (χ1) is 8.63. The SMILES string of the molecule is CCCC(Nc1c(Cl)ccc2nsnc12)C(=O)O. The Balaban J connectivity index is 2.37. The van der Waals surface area contributed by atoms with Gasteiger partial charge in [0.05, 0.1) is 22.4 Å². The van der Waals surface area contributed by atoms with Crippen molar-refractivity contribution in [2.45, 2.75) is 25.8 Å². The van der Waals surface area contributed by atoms with E-state index in [1.165, 1.54) is 0 Å². The van der Waals surface area contributed by atoms with Crippen molar-refractivity contribution in [3.05, 3.63) is 17.2 Å². The molecule has 1 atom stereocenters. The van der Waals surface area contributed by atoms with Gasteiger partial charge in [-0.25, -0.2) is 4.79 Å². The maximum Gasteiger partial charge on any atom is 0.326 e. The summed E-state index contributed by atoms with van der Waals surface area (Å²) < 4.78 is 8.25. The molecule has 1 aromatic carbocycles. The molecule has 2 rings (SSSR count). The Labute approximate surface area is 113 Å². The van der Waals surface area contributed by atoms with Crippen LogP contribution in [0.25, 0.3) is 11.0 Å². The minimum atomic E-state index is -0.895. The first-order valence-electron chi connectivity index (χ1n) is 5.53. The van der Waals surface area contributed by atoms with E-state index in [1.54, 1.807) is 12.1 Å². The Morgan fingerprint density at radius 1 is 1.56 bits per heavy atom. The minimum Gasteiger partial charge on any atom is -0.480 e. The van der Waals surface area contributed by atoms with Crippen molar-refractivity contribution in [1.82, 2.24) is 8.75 Å². The van der Waals surface area contributed by atoms with Gasteiger partial charge in [-0.1, -0.05) is 24.9 Å². The predicted octanol–water partition coefficient (Wildman–Crippen LogP) is 3.01. The van der Waals surface area contributed by atoms with Crippen LogP contribution in [0.1, 0.15) is 19.8 Å². The smallest absolute Gasteiger partial charge is 0.326 e. The number of anilines is 1. The molecule has 96 valence electrons. The minimum absolute atomic E-state index is 0.456. The summed E-state index contributed by atoms with van der Waals surface area (Å²) >= 11 is 7.17. The maximum atomic E-state index is 11.1. The summed E-state index contributed by atoms with van der Waals surface area (Å²) in [6.45, 7) is 1.93. The van der Waals surface area contributed by atoms with Crippen LogP contribution < -0.4 is 5.32 Å². The number of carboxylic acid groups (broad SMARTS) is 1. The third-order valence-corrected chi connectivity index (χ3v) is 3.43. The quantitative estimate of drug-likeness (QED) is 0.883. The van der Waals surface area contributed by atoms with Crippen LogP contribution in [0.2, 0.25) is 5.02 Å². The first kappa shape index (κ1) is 13.0. The van der Waals surface area contributed by atoms with Crippen LogP contribution in [0.5, 0.6) is 0 Å². The molecule has 1 aromatic heterocycles. The van der Waals surface area contributed by atoms with E-state index in [0.717, 1.165) is 18.1 Å². The van der Waals surface area contributed by atoms with E-state index in [1.807, 2.05) is 6.92 Å². The zero-order chi connectivity index (χ0) is 13.1. The Kier molecular flexibility index (Phi) is 3.98. The van der Waals surface area contributed by atoms with E-state index in [4.69, 9.17) is 16.7 Å². The first-order valence-corrected chi connectivity index (χ1v) is 6.64. The molecule has 0 bridgehead atoms. The van der Waals surface area contributed by atoms with Crippen molar-refractivity contribution in [3.8, 4) is 0 Å². The molecule has 0 aliphatic carbocycles. The number of fused-ring (bicyclic) bond motifs is 1. The van der Waals surface area contributed by atoms with Gasteiger partial charge in [0.25, 0.3) is 0 Å². The molecule has 0 spiro atoms. The number of nitrogens with zero attached hydrogens (tertiary/aromatic N) is 2. The highest BCUT2D eigenvalue weighted by atomic mass is 35.5. The number of hydrogen-bond donors (Lipinski definition) is 2. The van der Waals surface area contributed by atoms with Crippen LogP contribution >= 0.6 is 23.3 Å². The van der Waals surface area contributed by atoms with Gasteiger partial charge in [-0.3, -0.25) is 0 Å². The van der Waals surface area contributed by atoms with Crippen LogP contribution in [0.4, 0.5) is 5.69 Å².